The van der Waals surface area contributed by atoms with E-state index in [-0.39, 0.29) is 18.3 Å². The summed E-state index contributed by atoms with van der Waals surface area (Å²) in [6, 6.07) is 16.7. The van der Waals surface area contributed by atoms with Crippen molar-refractivity contribution in [3.05, 3.63) is 71.8 Å². The maximum absolute atomic E-state index is 13.6. The van der Waals surface area contributed by atoms with Crippen LogP contribution in [0.1, 0.15) is 36.8 Å². The van der Waals surface area contributed by atoms with Crippen LogP contribution in [0, 0.1) is 5.92 Å². The van der Waals surface area contributed by atoms with Crippen LogP contribution >= 0.6 is 11.8 Å². The first-order valence-corrected chi connectivity index (χ1v) is 11.6. The highest BCUT2D eigenvalue weighted by molar-refractivity contribution is 7.99. The third-order valence-corrected chi connectivity index (χ3v) is 6.46. The molecule has 2 aromatic rings. The van der Waals surface area contributed by atoms with Crippen LogP contribution in [0.15, 0.2) is 60.7 Å². The van der Waals surface area contributed by atoms with Crippen molar-refractivity contribution in [2.75, 3.05) is 5.75 Å². The van der Waals surface area contributed by atoms with Crippen molar-refractivity contribution in [2.24, 2.45) is 5.92 Å². The second kappa shape index (κ2) is 11.0. The van der Waals surface area contributed by atoms with Crippen LogP contribution in [0.2, 0.25) is 0 Å². The third-order valence-electron chi connectivity index (χ3n) is 5.13. The molecular weight excluding hydrogens is 428 g/mol. The van der Waals surface area contributed by atoms with Gasteiger partial charge in [-0.05, 0) is 23.5 Å². The Hall–Kier alpha value is -3.00. The van der Waals surface area contributed by atoms with Gasteiger partial charge in [0.05, 0.1) is 0 Å². The van der Waals surface area contributed by atoms with E-state index >= 15 is 0 Å². The van der Waals surface area contributed by atoms with E-state index < -0.39 is 35.4 Å². The lowest BCUT2D eigenvalue weighted by molar-refractivity contribution is -0.150. The largest absolute Gasteiger partial charge is 0.480 e. The zero-order valence-corrected chi connectivity index (χ0v) is 19.0. The van der Waals surface area contributed by atoms with Crippen molar-refractivity contribution in [2.45, 2.75) is 44.3 Å². The minimum absolute atomic E-state index is 0.0826. The SMILES string of the molecule is CC(C)C[C@H](NC(=O)OCc1ccccc1)C(=O)N1C(c2ccccc2)SC[C@H]1C(=O)O. The van der Waals surface area contributed by atoms with Gasteiger partial charge in [0.2, 0.25) is 5.91 Å². The molecule has 0 aromatic heterocycles. The van der Waals surface area contributed by atoms with Gasteiger partial charge in [0.1, 0.15) is 24.1 Å². The number of carbonyl (C=O) groups is 3. The number of amides is 2. The first kappa shape index (κ1) is 23.7. The van der Waals surface area contributed by atoms with Crippen molar-refractivity contribution in [3.63, 3.8) is 0 Å². The topological polar surface area (TPSA) is 95.9 Å². The van der Waals surface area contributed by atoms with Gasteiger partial charge in [-0.25, -0.2) is 9.59 Å². The van der Waals surface area contributed by atoms with Gasteiger partial charge in [-0.1, -0.05) is 74.5 Å². The summed E-state index contributed by atoms with van der Waals surface area (Å²) in [5.74, 6) is -1.08. The molecule has 2 N–H and O–H groups in total. The number of carboxylic acid groups (broad SMARTS) is 1. The lowest BCUT2D eigenvalue weighted by Crippen LogP contribution is -2.53. The van der Waals surface area contributed by atoms with Crippen LogP contribution in [0.5, 0.6) is 0 Å². The van der Waals surface area contributed by atoms with Crippen molar-refractivity contribution >= 4 is 29.7 Å². The summed E-state index contributed by atoms with van der Waals surface area (Å²) in [4.78, 5) is 39.3. The van der Waals surface area contributed by atoms with Gasteiger partial charge in [0.25, 0.3) is 0 Å². The highest BCUT2D eigenvalue weighted by Crippen LogP contribution is 2.42. The van der Waals surface area contributed by atoms with Gasteiger partial charge in [0, 0.05) is 5.75 Å². The van der Waals surface area contributed by atoms with Gasteiger partial charge in [-0.2, -0.15) is 0 Å². The molecule has 1 unspecified atom stereocenters. The molecule has 2 aromatic carbocycles. The molecule has 1 aliphatic heterocycles. The number of benzene rings is 2. The van der Waals surface area contributed by atoms with Gasteiger partial charge in [0.15, 0.2) is 0 Å². The fraction of sp³-hybridized carbons (Fsp3) is 0.375. The number of alkyl carbamates (subject to hydrolysis) is 1. The minimum Gasteiger partial charge on any atom is -0.480 e. The lowest BCUT2D eigenvalue weighted by Gasteiger charge is -2.32. The number of nitrogens with one attached hydrogen (secondary N) is 1. The highest BCUT2D eigenvalue weighted by atomic mass is 32.2. The second-order valence-corrected chi connectivity index (χ2v) is 9.20. The van der Waals surface area contributed by atoms with E-state index in [0.29, 0.717) is 6.42 Å². The zero-order chi connectivity index (χ0) is 23.1. The maximum atomic E-state index is 13.6. The van der Waals surface area contributed by atoms with Crippen molar-refractivity contribution in [1.82, 2.24) is 10.2 Å². The van der Waals surface area contributed by atoms with E-state index in [9.17, 15) is 19.5 Å². The number of aliphatic carboxylic acids is 1. The Morgan fingerprint density at radius 3 is 2.31 bits per heavy atom. The molecule has 7 nitrogen and oxygen atoms in total. The molecule has 0 bridgehead atoms. The van der Waals surface area contributed by atoms with E-state index in [1.165, 1.54) is 16.7 Å². The molecule has 1 heterocycles. The van der Waals surface area contributed by atoms with E-state index in [1.54, 1.807) is 0 Å². The predicted octanol–water partition coefficient (Wildman–Crippen LogP) is 4.05. The predicted molar refractivity (Wildman–Crippen MR) is 123 cm³/mol. The smallest absolute Gasteiger partial charge is 0.408 e. The Balaban J connectivity index is 1.77. The first-order chi connectivity index (χ1) is 15.4. The van der Waals surface area contributed by atoms with E-state index in [4.69, 9.17) is 4.74 Å². The van der Waals surface area contributed by atoms with Crippen LogP contribution in [0.3, 0.4) is 0 Å². The number of thioether (sulfide) groups is 1. The van der Waals surface area contributed by atoms with Crippen LogP contribution < -0.4 is 5.32 Å². The summed E-state index contributed by atoms with van der Waals surface area (Å²) < 4.78 is 5.30. The zero-order valence-electron chi connectivity index (χ0n) is 18.1. The fourth-order valence-electron chi connectivity index (χ4n) is 3.62. The van der Waals surface area contributed by atoms with Crippen molar-refractivity contribution in [1.29, 1.82) is 0 Å². The number of ether oxygens (including phenoxy) is 1. The summed E-state index contributed by atoms with van der Waals surface area (Å²) in [6.45, 7) is 3.97. The van der Waals surface area contributed by atoms with E-state index in [0.717, 1.165) is 11.1 Å². The minimum atomic E-state index is -1.06. The number of hydrogen-bond donors (Lipinski definition) is 2. The summed E-state index contributed by atoms with van der Waals surface area (Å²) in [5.41, 5.74) is 1.69. The maximum Gasteiger partial charge on any atom is 0.408 e. The number of carbonyl (C=O) groups excluding carboxylic acids is 2. The quantitative estimate of drug-likeness (QED) is 0.622. The standard InChI is InChI=1S/C24H28N2O5S/c1-16(2)13-19(25-24(30)31-14-17-9-5-3-6-10-17)21(27)26-20(23(28)29)15-32-22(26)18-11-7-4-8-12-18/h3-12,16,19-20,22H,13-15H2,1-2H3,(H,25,30)(H,28,29)/t19-,20-,22?/m0/s1. The molecule has 170 valence electrons. The molecule has 3 rings (SSSR count). The molecule has 0 spiro atoms. The summed E-state index contributed by atoms with van der Waals surface area (Å²) >= 11 is 1.41. The van der Waals surface area contributed by atoms with Crippen molar-refractivity contribution in [3.8, 4) is 0 Å². The van der Waals surface area contributed by atoms with Gasteiger partial charge < -0.3 is 20.1 Å². The number of rotatable bonds is 8. The van der Waals surface area contributed by atoms with E-state index in [1.807, 2.05) is 74.5 Å². The molecule has 0 aliphatic carbocycles. The average Bonchev–Trinajstić information content (AvgIpc) is 3.23. The van der Waals surface area contributed by atoms with Crippen molar-refractivity contribution < 1.29 is 24.2 Å². The summed E-state index contributed by atoms with van der Waals surface area (Å²) in [7, 11) is 0. The number of carboxylic acids is 1. The fourth-order valence-corrected chi connectivity index (χ4v) is 5.05. The molecule has 1 aliphatic rings. The van der Waals surface area contributed by atoms with E-state index in [2.05, 4.69) is 5.32 Å². The number of nitrogens with zero attached hydrogens (tertiary/aromatic N) is 1. The van der Waals surface area contributed by atoms with Crippen LogP contribution in [-0.4, -0.2) is 45.8 Å². The second-order valence-electron chi connectivity index (χ2n) is 8.08. The lowest BCUT2D eigenvalue weighted by atomic mass is 10.0. The Morgan fingerprint density at radius 1 is 1.09 bits per heavy atom. The normalized spacial score (nSPS) is 18.9. The highest BCUT2D eigenvalue weighted by Gasteiger charge is 2.44. The summed E-state index contributed by atoms with van der Waals surface area (Å²) in [6.07, 6.45) is -0.336. The first-order valence-electron chi connectivity index (χ1n) is 10.6. The molecular formula is C24H28N2O5S. The molecule has 2 amide bonds. The Bertz CT molecular complexity index is 923. The molecule has 32 heavy (non-hydrogen) atoms. The van der Waals surface area contributed by atoms with Crippen LogP contribution in [-0.2, 0) is 20.9 Å². The summed E-state index contributed by atoms with van der Waals surface area (Å²) in [5, 5.41) is 12.0. The van der Waals surface area contributed by atoms with Crippen LogP contribution in [0.25, 0.3) is 0 Å². The third kappa shape index (κ3) is 6.03. The monoisotopic (exact) mass is 456 g/mol. The van der Waals surface area contributed by atoms with Gasteiger partial charge in [-0.3, -0.25) is 4.79 Å². The van der Waals surface area contributed by atoms with Gasteiger partial charge in [-0.15, -0.1) is 11.8 Å². The number of hydrogen-bond acceptors (Lipinski definition) is 5. The molecule has 3 atom stereocenters. The van der Waals surface area contributed by atoms with Crippen LogP contribution in [0.4, 0.5) is 4.79 Å². The molecule has 0 radical (unpaired) electrons. The molecule has 0 saturated carbocycles. The van der Waals surface area contributed by atoms with Gasteiger partial charge >= 0.3 is 12.1 Å². The Kier molecular flexibility index (Phi) is 8.16. The Morgan fingerprint density at radius 2 is 1.72 bits per heavy atom. The Labute approximate surface area is 192 Å². The molecule has 1 fully saturated rings. The average molecular weight is 457 g/mol. The molecule has 1 saturated heterocycles. The molecule has 8 heteroatoms.